The van der Waals surface area contributed by atoms with Crippen LogP contribution in [0.5, 0.6) is 0 Å². The molecule has 0 radical (unpaired) electrons. The summed E-state index contributed by atoms with van der Waals surface area (Å²) in [5, 5.41) is 15.3. The zero-order valence-corrected chi connectivity index (χ0v) is 19.0. The number of hydrogen-bond donors (Lipinski definition) is 3. The number of hydrogen-bond acceptors (Lipinski definition) is 4. The molecule has 1 saturated heterocycles. The van der Waals surface area contributed by atoms with Crippen molar-refractivity contribution in [1.82, 2.24) is 20.5 Å². The minimum absolute atomic E-state index is 0.110. The molecule has 3 aliphatic rings. The maximum atomic E-state index is 13.3. The number of aromatic nitrogens is 1. The van der Waals surface area contributed by atoms with Gasteiger partial charge in [-0.15, -0.1) is 0 Å². The molecule has 3 N–H and O–H groups in total. The fraction of sp³-hybridized carbons (Fsp3) is 0.720. The number of likely N-dealkylation sites (N-methyl/N-ethyl adjacent to an activating group) is 1. The Bertz CT molecular complexity index is 748. The van der Waals surface area contributed by atoms with E-state index in [1.165, 1.54) is 61.8 Å². The summed E-state index contributed by atoms with van der Waals surface area (Å²) in [4.78, 5) is 19.0. The summed E-state index contributed by atoms with van der Waals surface area (Å²) in [6.45, 7) is 0.850. The molecule has 6 nitrogen and oxygen atoms in total. The molecule has 0 bridgehead atoms. The lowest BCUT2D eigenvalue weighted by Crippen LogP contribution is -2.49. The number of pyridine rings is 1. The molecule has 0 unspecified atom stereocenters. The number of nitrogens with one attached hydrogen (secondary N) is 3. The Hall–Kier alpha value is -1.95. The maximum absolute atomic E-state index is 13.3. The molecule has 1 aromatic rings. The first kappa shape index (κ1) is 22.3. The van der Waals surface area contributed by atoms with E-state index >= 15 is 0 Å². The van der Waals surface area contributed by atoms with Gasteiger partial charge in [0.05, 0.1) is 0 Å². The van der Waals surface area contributed by atoms with Crippen molar-refractivity contribution in [3.63, 3.8) is 0 Å². The van der Waals surface area contributed by atoms with Crippen LogP contribution in [0.4, 0.5) is 0 Å². The summed E-state index contributed by atoms with van der Waals surface area (Å²) in [6.07, 6.45) is 17.9. The van der Waals surface area contributed by atoms with Crippen LogP contribution in [0.3, 0.4) is 0 Å². The third kappa shape index (κ3) is 5.46. The molecular weight excluding hydrogens is 386 g/mol. The van der Waals surface area contributed by atoms with E-state index in [-0.39, 0.29) is 11.9 Å². The van der Waals surface area contributed by atoms with Gasteiger partial charge in [-0.3, -0.25) is 20.1 Å². The van der Waals surface area contributed by atoms with Crippen LogP contribution in [0, 0.1) is 17.2 Å². The van der Waals surface area contributed by atoms with Crippen LogP contribution < -0.4 is 10.6 Å². The molecule has 31 heavy (non-hydrogen) atoms. The zero-order valence-electron chi connectivity index (χ0n) is 19.0. The molecule has 3 fully saturated rings. The van der Waals surface area contributed by atoms with Gasteiger partial charge in [-0.1, -0.05) is 51.0 Å². The topological polar surface area (TPSA) is 81.1 Å². The SMILES string of the molecule is CN1C(=N)N[C@](CCC2CCCCC2)(C[C@H]2CCC[C@H](NCc3cccnc3)C2)C1=O. The summed E-state index contributed by atoms with van der Waals surface area (Å²) in [7, 11) is 1.75. The van der Waals surface area contributed by atoms with Gasteiger partial charge in [-0.25, -0.2) is 0 Å². The van der Waals surface area contributed by atoms with E-state index in [1.807, 2.05) is 18.5 Å². The van der Waals surface area contributed by atoms with Crippen LogP contribution in [0.1, 0.15) is 82.6 Å². The number of amides is 1. The quantitative estimate of drug-likeness (QED) is 0.583. The molecule has 1 amide bonds. The van der Waals surface area contributed by atoms with Crippen molar-refractivity contribution in [2.75, 3.05) is 7.05 Å². The average molecular weight is 426 g/mol. The number of carbonyl (C=O) groups excluding carboxylic acids is 1. The van der Waals surface area contributed by atoms with Gasteiger partial charge in [0.25, 0.3) is 5.91 Å². The standard InChI is InChI=1S/C25H39N5O/c1-30-23(31)25(29-24(30)26,13-12-19-7-3-2-4-8-19)16-20-9-5-11-22(15-20)28-18-21-10-6-14-27-17-21/h6,10,14,17,19-20,22,28H,2-5,7-9,11-13,15-16,18H2,1H3,(H2,26,29)/t20-,22-,25+/m0/s1. The Morgan fingerprint density at radius 1 is 1.19 bits per heavy atom. The largest absolute Gasteiger partial charge is 0.342 e. The van der Waals surface area contributed by atoms with Crippen LogP contribution in [0.2, 0.25) is 0 Å². The highest BCUT2D eigenvalue weighted by molar-refractivity contribution is 6.07. The first-order valence-corrected chi connectivity index (χ1v) is 12.3. The van der Waals surface area contributed by atoms with Crippen molar-refractivity contribution in [3.8, 4) is 0 Å². The molecule has 0 aromatic carbocycles. The van der Waals surface area contributed by atoms with Gasteiger partial charge >= 0.3 is 0 Å². The van der Waals surface area contributed by atoms with Crippen LogP contribution in [-0.2, 0) is 11.3 Å². The minimum atomic E-state index is -0.570. The lowest BCUT2D eigenvalue weighted by atomic mass is 9.74. The van der Waals surface area contributed by atoms with Gasteiger partial charge in [-0.05, 0) is 55.6 Å². The van der Waals surface area contributed by atoms with Gasteiger partial charge in [0.2, 0.25) is 0 Å². The molecule has 1 aliphatic heterocycles. The maximum Gasteiger partial charge on any atom is 0.254 e. The second-order valence-corrected chi connectivity index (χ2v) is 10.1. The van der Waals surface area contributed by atoms with Gasteiger partial charge in [0, 0.05) is 32.0 Å². The van der Waals surface area contributed by atoms with Crippen LogP contribution in [0.25, 0.3) is 0 Å². The highest BCUT2D eigenvalue weighted by atomic mass is 16.2. The minimum Gasteiger partial charge on any atom is -0.342 e. The Kier molecular flexibility index (Phi) is 7.26. The first-order chi connectivity index (χ1) is 15.1. The van der Waals surface area contributed by atoms with E-state index in [9.17, 15) is 4.79 Å². The smallest absolute Gasteiger partial charge is 0.254 e. The Morgan fingerprint density at radius 3 is 2.71 bits per heavy atom. The highest BCUT2D eigenvalue weighted by Gasteiger charge is 2.49. The lowest BCUT2D eigenvalue weighted by Gasteiger charge is -2.37. The van der Waals surface area contributed by atoms with E-state index in [1.54, 1.807) is 7.05 Å². The van der Waals surface area contributed by atoms with E-state index in [0.29, 0.717) is 12.0 Å². The molecule has 6 heteroatoms. The molecular formula is C25H39N5O. The second kappa shape index (κ2) is 10.1. The van der Waals surface area contributed by atoms with E-state index < -0.39 is 5.54 Å². The fourth-order valence-electron chi connectivity index (χ4n) is 6.04. The van der Waals surface area contributed by atoms with Crippen molar-refractivity contribution in [2.45, 2.75) is 95.2 Å². The molecule has 3 atom stereocenters. The van der Waals surface area contributed by atoms with E-state index in [4.69, 9.17) is 5.41 Å². The Balaban J connectivity index is 1.37. The number of carbonyl (C=O) groups is 1. The molecule has 1 aromatic heterocycles. The zero-order chi connectivity index (χ0) is 21.7. The summed E-state index contributed by atoms with van der Waals surface area (Å²) >= 11 is 0. The fourth-order valence-corrected chi connectivity index (χ4v) is 6.04. The summed E-state index contributed by atoms with van der Waals surface area (Å²) < 4.78 is 0. The molecule has 170 valence electrons. The van der Waals surface area contributed by atoms with Crippen LogP contribution in [-0.4, -0.2) is 40.4 Å². The van der Waals surface area contributed by atoms with Gasteiger partial charge in [0.15, 0.2) is 5.96 Å². The van der Waals surface area contributed by atoms with Gasteiger partial charge < -0.3 is 10.6 Å². The highest BCUT2D eigenvalue weighted by Crippen LogP contribution is 2.38. The number of guanidine groups is 1. The molecule has 2 aliphatic carbocycles. The van der Waals surface area contributed by atoms with Crippen molar-refractivity contribution in [2.24, 2.45) is 11.8 Å². The van der Waals surface area contributed by atoms with E-state index in [2.05, 4.69) is 21.7 Å². The Labute approximate surface area is 187 Å². The molecule has 0 spiro atoms. The molecule has 2 saturated carbocycles. The summed E-state index contributed by atoms with van der Waals surface area (Å²) in [5.41, 5.74) is 0.649. The van der Waals surface area contributed by atoms with Crippen LogP contribution >= 0.6 is 0 Å². The monoisotopic (exact) mass is 425 g/mol. The first-order valence-electron chi connectivity index (χ1n) is 12.3. The molecule has 2 heterocycles. The third-order valence-corrected chi connectivity index (χ3v) is 7.85. The average Bonchev–Trinajstić information content (AvgIpc) is 3.01. The number of rotatable bonds is 8. The predicted octanol–water partition coefficient (Wildman–Crippen LogP) is 4.22. The Morgan fingerprint density at radius 2 is 2.00 bits per heavy atom. The van der Waals surface area contributed by atoms with Crippen molar-refractivity contribution >= 4 is 11.9 Å². The predicted molar refractivity (Wildman–Crippen MR) is 124 cm³/mol. The van der Waals surface area contributed by atoms with Crippen molar-refractivity contribution in [3.05, 3.63) is 30.1 Å². The van der Waals surface area contributed by atoms with Gasteiger partial charge in [0.1, 0.15) is 5.54 Å². The van der Waals surface area contributed by atoms with Crippen molar-refractivity contribution < 1.29 is 4.79 Å². The van der Waals surface area contributed by atoms with Gasteiger partial charge in [-0.2, -0.15) is 0 Å². The summed E-state index contributed by atoms with van der Waals surface area (Å²) in [6, 6.07) is 4.59. The third-order valence-electron chi connectivity index (χ3n) is 7.85. The van der Waals surface area contributed by atoms with E-state index in [0.717, 1.165) is 38.1 Å². The normalized spacial score (nSPS) is 29.9. The second-order valence-electron chi connectivity index (χ2n) is 10.1. The van der Waals surface area contributed by atoms with Crippen molar-refractivity contribution in [1.29, 1.82) is 5.41 Å². The lowest BCUT2D eigenvalue weighted by molar-refractivity contribution is -0.131. The number of nitrogens with zero attached hydrogens (tertiary/aromatic N) is 2. The van der Waals surface area contributed by atoms with Crippen LogP contribution in [0.15, 0.2) is 24.5 Å². The molecule has 4 rings (SSSR count). The summed E-state index contributed by atoms with van der Waals surface area (Å²) in [5.74, 6) is 1.65.